The maximum Gasteiger partial charge on any atom is 0.317 e. The van der Waals surface area contributed by atoms with Crippen LogP contribution < -0.4 is 5.32 Å². The van der Waals surface area contributed by atoms with E-state index in [0.717, 1.165) is 38.1 Å². The molecule has 2 saturated heterocycles. The Morgan fingerprint density at radius 1 is 0.680 bits per heavy atom. The van der Waals surface area contributed by atoms with Crippen LogP contribution in [0.1, 0.15) is 23.6 Å². The molecule has 0 aliphatic carbocycles. The molecule has 2 aliphatic rings. The van der Waals surface area contributed by atoms with Gasteiger partial charge in [-0.05, 0) is 30.2 Å². The summed E-state index contributed by atoms with van der Waals surface area (Å²) in [5, 5.41) is 31.3. The number of nitrogens with one attached hydrogen (secondary N) is 1. The van der Waals surface area contributed by atoms with Crippen molar-refractivity contribution < 1.29 is 39.3 Å². The summed E-state index contributed by atoms with van der Waals surface area (Å²) in [6, 6.07) is 6.56. The normalized spacial score (nSPS) is 19.0. The van der Waals surface area contributed by atoms with E-state index in [9.17, 15) is 39.3 Å². The second kappa shape index (κ2) is 22.0. The minimum Gasteiger partial charge on any atom is -0.480 e. The van der Waals surface area contributed by atoms with Crippen molar-refractivity contribution in [3.8, 4) is 0 Å². The molecule has 4 N–H and O–H groups in total. The first-order valence-corrected chi connectivity index (χ1v) is 18.5. The van der Waals surface area contributed by atoms with Crippen LogP contribution in [0.4, 0.5) is 0 Å². The molecule has 280 valence electrons. The van der Waals surface area contributed by atoms with Crippen molar-refractivity contribution in [1.29, 1.82) is 0 Å². The summed E-state index contributed by atoms with van der Waals surface area (Å²) >= 11 is 1.73. The van der Waals surface area contributed by atoms with Crippen LogP contribution in [-0.2, 0) is 42.7 Å². The zero-order valence-corrected chi connectivity index (χ0v) is 30.3. The molecule has 15 nitrogen and oxygen atoms in total. The average molecular weight is 722 g/mol. The molecule has 0 bridgehead atoms. The van der Waals surface area contributed by atoms with Gasteiger partial charge in [0.05, 0.1) is 32.2 Å². The fourth-order valence-corrected chi connectivity index (χ4v) is 7.22. The largest absolute Gasteiger partial charge is 0.480 e. The number of likely N-dealkylation sites (N-methyl/N-ethyl adjacent to an activating group) is 1. The van der Waals surface area contributed by atoms with Gasteiger partial charge in [-0.25, -0.2) is 0 Å². The lowest BCUT2D eigenvalue weighted by Crippen LogP contribution is -2.53. The number of aldehydes is 1. The minimum absolute atomic E-state index is 0.0126. The number of piperazine rings is 1. The number of rotatable bonds is 17. The van der Waals surface area contributed by atoms with E-state index in [1.165, 1.54) is 16.7 Å². The van der Waals surface area contributed by atoms with E-state index in [1.54, 1.807) is 33.5 Å². The number of carboxylic acid groups (broad SMARTS) is 3. The molecule has 16 heteroatoms. The molecule has 0 spiro atoms. The summed E-state index contributed by atoms with van der Waals surface area (Å²) < 4.78 is 0. The van der Waals surface area contributed by atoms with Gasteiger partial charge in [0, 0.05) is 96.6 Å². The Kier molecular flexibility index (Phi) is 18.1. The molecule has 2 heterocycles. The van der Waals surface area contributed by atoms with Crippen LogP contribution in [0.5, 0.6) is 0 Å². The molecule has 50 heavy (non-hydrogen) atoms. The predicted octanol–water partition coefficient (Wildman–Crippen LogP) is -0.611. The number of carbonyl (C=O) groups is 5. The summed E-state index contributed by atoms with van der Waals surface area (Å²) in [6.07, 6.45) is 1.87. The van der Waals surface area contributed by atoms with Crippen molar-refractivity contribution in [3.05, 3.63) is 34.9 Å². The lowest BCUT2D eigenvalue weighted by Gasteiger charge is -2.37. The minimum atomic E-state index is -1.00. The van der Waals surface area contributed by atoms with E-state index < -0.39 is 17.9 Å². The first-order valence-electron chi connectivity index (χ1n) is 17.3. The van der Waals surface area contributed by atoms with Crippen LogP contribution in [-0.4, -0.2) is 198 Å². The number of hydrogen-bond acceptors (Lipinski definition) is 12. The van der Waals surface area contributed by atoms with E-state index in [4.69, 9.17) is 0 Å². The summed E-state index contributed by atoms with van der Waals surface area (Å²) in [6.45, 7) is 8.01. The van der Waals surface area contributed by atoms with Crippen LogP contribution in [0.2, 0.25) is 0 Å². The predicted molar refractivity (Wildman–Crippen MR) is 191 cm³/mol. The fourth-order valence-electron chi connectivity index (χ4n) is 6.20. The summed E-state index contributed by atoms with van der Waals surface area (Å²) in [5.41, 5.74) is 3.76. The molecule has 0 unspecified atom stereocenters. The first kappa shape index (κ1) is 41.3. The van der Waals surface area contributed by atoms with E-state index in [1.807, 2.05) is 9.80 Å². The van der Waals surface area contributed by atoms with E-state index in [0.29, 0.717) is 71.2 Å². The first-order chi connectivity index (χ1) is 24.0. The van der Waals surface area contributed by atoms with Gasteiger partial charge in [0.15, 0.2) is 0 Å². The molecular weight excluding hydrogens is 666 g/mol. The van der Waals surface area contributed by atoms with Crippen molar-refractivity contribution in [2.24, 2.45) is 0 Å². The van der Waals surface area contributed by atoms with Crippen molar-refractivity contribution in [3.63, 3.8) is 0 Å². The third-order valence-corrected chi connectivity index (χ3v) is 10.3. The van der Waals surface area contributed by atoms with Crippen LogP contribution in [0.25, 0.3) is 0 Å². The maximum atomic E-state index is 13.5. The number of aliphatic carboxylic acids is 3. The number of hydrogen-bond donors (Lipinski definition) is 4. The third kappa shape index (κ3) is 15.4. The Morgan fingerprint density at radius 2 is 1.10 bits per heavy atom. The molecular formula is C34H55N7O8S. The zero-order valence-electron chi connectivity index (χ0n) is 29.5. The van der Waals surface area contributed by atoms with E-state index in [2.05, 4.69) is 35.3 Å². The Bertz CT molecular complexity index is 1230. The number of nitrogens with zero attached hydrogens (tertiary/aromatic N) is 6. The number of amides is 1. The Labute approximate surface area is 299 Å². The number of aryl methyl sites for hydroxylation is 1. The molecule has 3 rings (SSSR count). The highest BCUT2D eigenvalue weighted by molar-refractivity contribution is 7.98. The van der Waals surface area contributed by atoms with Crippen molar-refractivity contribution in [1.82, 2.24) is 34.7 Å². The van der Waals surface area contributed by atoms with E-state index in [-0.39, 0.29) is 38.1 Å². The topological polar surface area (TPSA) is 178 Å². The van der Waals surface area contributed by atoms with Crippen molar-refractivity contribution in [2.45, 2.75) is 31.7 Å². The SMILES string of the molecule is CCc1cc(CSC[C@@H](C=O)NC)cc(CN2CCN(C(=O)CN3CCN(CC(=O)O)CCN(CC(=O)O)CCN(CC(=O)O)CC3)CC2)c1. The van der Waals surface area contributed by atoms with Gasteiger partial charge in [-0.15, -0.1) is 0 Å². The Morgan fingerprint density at radius 3 is 1.52 bits per heavy atom. The number of thioether (sulfide) groups is 1. The average Bonchev–Trinajstić information content (AvgIpc) is 3.07. The molecule has 0 radical (unpaired) electrons. The molecule has 1 aromatic rings. The monoisotopic (exact) mass is 721 g/mol. The molecule has 2 aliphatic heterocycles. The molecule has 2 fully saturated rings. The molecule has 0 saturated carbocycles. The van der Waals surface area contributed by atoms with Gasteiger partial charge in [0.25, 0.3) is 0 Å². The van der Waals surface area contributed by atoms with Gasteiger partial charge in [-0.3, -0.25) is 43.7 Å². The second-order valence-corrected chi connectivity index (χ2v) is 14.0. The smallest absolute Gasteiger partial charge is 0.317 e. The zero-order chi connectivity index (χ0) is 36.5. The van der Waals surface area contributed by atoms with Gasteiger partial charge < -0.3 is 30.3 Å². The molecule has 1 aromatic carbocycles. The van der Waals surface area contributed by atoms with Crippen molar-refractivity contribution in [2.75, 3.05) is 118 Å². The standard InChI is InChI=1S/C34H55N7O8S/c1-3-27-16-28(18-29(17-27)25-50-26-30(24-42)35-2)19-36-12-14-41(15-13-36)31(43)20-37-4-6-38(21-32(44)45)8-10-40(23-34(48)49)11-9-39(7-5-37)22-33(46)47/h16-18,24,30,35H,3-15,19-23,25-26H2,1-2H3,(H,44,45)(H,46,47)(H,48,49)/t30-/m1/s1. The summed E-state index contributed by atoms with van der Waals surface area (Å²) in [4.78, 5) is 70.7. The lowest BCUT2D eigenvalue weighted by molar-refractivity contribution is -0.141. The number of carboxylic acids is 3. The van der Waals surface area contributed by atoms with Crippen LogP contribution >= 0.6 is 11.8 Å². The number of carbonyl (C=O) groups excluding carboxylic acids is 2. The highest BCUT2D eigenvalue weighted by atomic mass is 32.2. The molecule has 1 atom stereocenters. The second-order valence-electron chi connectivity index (χ2n) is 13.0. The lowest BCUT2D eigenvalue weighted by atomic mass is 10.0. The van der Waals surface area contributed by atoms with Crippen LogP contribution in [0.15, 0.2) is 18.2 Å². The van der Waals surface area contributed by atoms with Gasteiger partial charge in [0.1, 0.15) is 6.29 Å². The Hall–Kier alpha value is -3.12. The third-order valence-electron chi connectivity index (χ3n) is 9.12. The maximum absolute atomic E-state index is 13.5. The highest BCUT2D eigenvalue weighted by Crippen LogP contribution is 2.19. The number of benzene rings is 1. The highest BCUT2D eigenvalue weighted by Gasteiger charge is 2.25. The van der Waals surface area contributed by atoms with Gasteiger partial charge in [-0.1, -0.05) is 25.1 Å². The van der Waals surface area contributed by atoms with Gasteiger partial charge >= 0.3 is 17.9 Å². The summed E-state index contributed by atoms with van der Waals surface area (Å²) in [5.74, 6) is -1.43. The van der Waals surface area contributed by atoms with E-state index >= 15 is 0 Å². The van der Waals surface area contributed by atoms with Crippen molar-refractivity contribution >= 4 is 41.9 Å². The van der Waals surface area contributed by atoms with Crippen LogP contribution in [0.3, 0.4) is 0 Å². The Balaban J connectivity index is 1.59. The fraction of sp³-hybridized carbons (Fsp3) is 0.676. The van der Waals surface area contributed by atoms with Crippen LogP contribution in [0, 0.1) is 0 Å². The summed E-state index contributed by atoms with van der Waals surface area (Å²) in [7, 11) is 1.79. The molecule has 1 amide bonds. The quantitative estimate of drug-likeness (QED) is 0.150. The van der Waals surface area contributed by atoms with Gasteiger partial charge in [-0.2, -0.15) is 11.8 Å². The molecule has 0 aromatic heterocycles. The van der Waals surface area contributed by atoms with Gasteiger partial charge in [0.2, 0.25) is 5.91 Å².